The van der Waals surface area contributed by atoms with Gasteiger partial charge in [0.2, 0.25) is 11.8 Å². The second-order valence-corrected chi connectivity index (χ2v) is 9.04. The van der Waals surface area contributed by atoms with Crippen LogP contribution in [0.25, 0.3) is 11.1 Å². The summed E-state index contributed by atoms with van der Waals surface area (Å²) in [4.78, 5) is 30.0. The van der Waals surface area contributed by atoms with Crippen LogP contribution in [0.2, 0.25) is 0 Å². The van der Waals surface area contributed by atoms with Crippen LogP contribution in [0.4, 0.5) is 0 Å². The molecular weight excluding hydrogens is 458 g/mol. The molecule has 0 fully saturated rings. The summed E-state index contributed by atoms with van der Waals surface area (Å²) < 4.78 is 5.33. The van der Waals surface area contributed by atoms with Crippen LogP contribution in [0, 0.1) is 0 Å². The Hall–Kier alpha value is -3.69. The molecule has 0 bridgehead atoms. The second kappa shape index (κ2) is 12.9. The minimum atomic E-state index is -1.22. The Morgan fingerprint density at radius 1 is 1.08 bits per heavy atom. The van der Waals surface area contributed by atoms with Crippen molar-refractivity contribution in [2.24, 2.45) is 0 Å². The fourth-order valence-corrected chi connectivity index (χ4v) is 3.77. The number of H-pyrrole nitrogens is 1. The summed E-state index contributed by atoms with van der Waals surface area (Å²) in [7, 11) is 5.50. The molecule has 0 saturated heterocycles. The number of hydrogen-bond acceptors (Lipinski definition) is 6. The first-order valence-electron chi connectivity index (χ1n) is 11.9. The molecule has 2 atom stereocenters. The molecule has 0 aliphatic rings. The second-order valence-electron chi connectivity index (χ2n) is 9.04. The van der Waals surface area contributed by atoms with Gasteiger partial charge in [-0.2, -0.15) is 5.10 Å². The molecule has 192 valence electrons. The number of nitrogens with zero attached hydrogens (tertiary/aromatic N) is 3. The molecule has 2 amide bonds. The number of aliphatic hydroxyl groups excluding tert-OH is 1. The summed E-state index contributed by atoms with van der Waals surface area (Å²) >= 11 is 0. The van der Waals surface area contributed by atoms with Gasteiger partial charge in [0.25, 0.3) is 0 Å². The van der Waals surface area contributed by atoms with Crippen molar-refractivity contribution in [3.63, 3.8) is 0 Å². The number of aromatic nitrogens is 2. The van der Waals surface area contributed by atoms with Gasteiger partial charge in [-0.15, -0.1) is 0 Å². The maximum Gasteiger partial charge on any atom is 0.249 e. The Bertz CT molecular complexity index is 1110. The van der Waals surface area contributed by atoms with Gasteiger partial charge in [-0.25, -0.2) is 0 Å². The standard InChI is InChI=1S/C27H35N5O4/c1-19(33)26(34)30-25(15-20-8-10-22(11-9-20)23-16-28-29-17-23)27(35)32(13-12-31(2)3)18-21-6-5-7-24(14-21)36-4/h5-11,14,16-17,19,25,33H,12-13,15,18H2,1-4H3,(H,28,29)(H,30,34)/t19?,25-/m1/s1. The molecule has 1 unspecified atom stereocenters. The molecule has 0 spiro atoms. The summed E-state index contributed by atoms with van der Waals surface area (Å²) in [6.45, 7) is 2.89. The van der Waals surface area contributed by atoms with Gasteiger partial charge in [-0.05, 0) is 49.8 Å². The third kappa shape index (κ3) is 7.66. The summed E-state index contributed by atoms with van der Waals surface area (Å²) in [6.07, 6.45) is 2.62. The number of nitrogens with one attached hydrogen (secondary N) is 2. The molecule has 2 aromatic carbocycles. The molecule has 0 radical (unpaired) electrons. The highest BCUT2D eigenvalue weighted by Gasteiger charge is 2.28. The van der Waals surface area contributed by atoms with E-state index in [1.165, 1.54) is 6.92 Å². The quantitative estimate of drug-likeness (QED) is 0.356. The SMILES string of the molecule is COc1cccc(CN(CCN(C)C)C(=O)[C@@H](Cc2ccc(-c3cn[nH]c3)cc2)NC(=O)C(C)O)c1. The molecule has 1 aromatic heterocycles. The van der Waals surface area contributed by atoms with Gasteiger partial charge in [-0.1, -0.05) is 36.4 Å². The molecule has 0 aliphatic carbocycles. The number of hydrogen-bond donors (Lipinski definition) is 3. The number of carbonyl (C=O) groups excluding carboxylic acids is 2. The number of aliphatic hydroxyl groups is 1. The molecule has 36 heavy (non-hydrogen) atoms. The average molecular weight is 494 g/mol. The van der Waals surface area contributed by atoms with Gasteiger partial charge >= 0.3 is 0 Å². The largest absolute Gasteiger partial charge is 0.497 e. The number of carbonyl (C=O) groups is 2. The Kier molecular flexibility index (Phi) is 9.61. The van der Waals surface area contributed by atoms with E-state index in [-0.39, 0.29) is 5.91 Å². The minimum Gasteiger partial charge on any atom is -0.497 e. The Morgan fingerprint density at radius 2 is 1.83 bits per heavy atom. The van der Waals surface area contributed by atoms with E-state index in [4.69, 9.17) is 4.74 Å². The number of ether oxygens (including phenoxy) is 1. The van der Waals surface area contributed by atoms with Crippen LogP contribution in [0.3, 0.4) is 0 Å². The topological polar surface area (TPSA) is 111 Å². The van der Waals surface area contributed by atoms with Crippen molar-refractivity contribution >= 4 is 11.8 Å². The Morgan fingerprint density at radius 3 is 2.44 bits per heavy atom. The molecule has 9 nitrogen and oxygen atoms in total. The lowest BCUT2D eigenvalue weighted by Gasteiger charge is -2.29. The zero-order chi connectivity index (χ0) is 26.1. The van der Waals surface area contributed by atoms with E-state index in [1.54, 1.807) is 18.2 Å². The maximum absolute atomic E-state index is 13.8. The average Bonchev–Trinajstić information content (AvgIpc) is 3.41. The number of benzene rings is 2. The van der Waals surface area contributed by atoms with Gasteiger partial charge in [0, 0.05) is 37.8 Å². The van der Waals surface area contributed by atoms with Crippen LogP contribution in [-0.2, 0) is 22.6 Å². The predicted molar refractivity (Wildman–Crippen MR) is 138 cm³/mol. The van der Waals surface area contributed by atoms with Crippen molar-refractivity contribution in [1.29, 1.82) is 0 Å². The lowest BCUT2D eigenvalue weighted by Crippen LogP contribution is -2.52. The highest BCUT2D eigenvalue weighted by Crippen LogP contribution is 2.20. The lowest BCUT2D eigenvalue weighted by molar-refractivity contribution is -0.139. The van der Waals surface area contributed by atoms with Crippen molar-refractivity contribution in [1.82, 2.24) is 25.3 Å². The van der Waals surface area contributed by atoms with E-state index in [0.29, 0.717) is 31.8 Å². The third-order valence-corrected chi connectivity index (χ3v) is 5.86. The normalized spacial score (nSPS) is 12.7. The summed E-state index contributed by atoms with van der Waals surface area (Å²) in [6, 6.07) is 14.5. The van der Waals surface area contributed by atoms with E-state index in [9.17, 15) is 14.7 Å². The third-order valence-electron chi connectivity index (χ3n) is 5.86. The van der Waals surface area contributed by atoms with Gasteiger partial charge in [-0.3, -0.25) is 14.7 Å². The van der Waals surface area contributed by atoms with E-state index in [1.807, 2.05) is 73.7 Å². The van der Waals surface area contributed by atoms with Crippen molar-refractivity contribution in [2.75, 3.05) is 34.3 Å². The van der Waals surface area contributed by atoms with Crippen molar-refractivity contribution in [3.05, 3.63) is 72.1 Å². The molecule has 3 aromatic rings. The fraction of sp³-hybridized carbons (Fsp3) is 0.370. The number of rotatable bonds is 12. The van der Waals surface area contributed by atoms with Crippen LogP contribution in [-0.4, -0.2) is 83.4 Å². The van der Waals surface area contributed by atoms with Crippen molar-refractivity contribution in [2.45, 2.75) is 32.0 Å². The first kappa shape index (κ1) is 26.9. The van der Waals surface area contributed by atoms with Crippen LogP contribution in [0.1, 0.15) is 18.1 Å². The Balaban J connectivity index is 1.84. The molecule has 3 N–H and O–H groups in total. The molecule has 9 heteroatoms. The van der Waals surface area contributed by atoms with E-state index in [0.717, 1.165) is 22.3 Å². The first-order valence-corrected chi connectivity index (χ1v) is 11.9. The van der Waals surface area contributed by atoms with Gasteiger partial charge in [0.1, 0.15) is 17.9 Å². The van der Waals surface area contributed by atoms with Gasteiger partial charge < -0.3 is 25.0 Å². The van der Waals surface area contributed by atoms with Crippen molar-refractivity contribution < 1.29 is 19.4 Å². The van der Waals surface area contributed by atoms with Crippen LogP contribution >= 0.6 is 0 Å². The number of methoxy groups -OCH3 is 1. The summed E-state index contributed by atoms with van der Waals surface area (Å²) in [5.74, 6) is -0.0888. The lowest BCUT2D eigenvalue weighted by atomic mass is 10.0. The van der Waals surface area contributed by atoms with Gasteiger partial charge in [0.15, 0.2) is 0 Å². The first-order chi connectivity index (χ1) is 17.3. The molecule has 0 saturated carbocycles. The number of likely N-dealkylation sites (N-methyl/N-ethyl adjacent to an activating group) is 1. The monoisotopic (exact) mass is 493 g/mol. The molecule has 3 rings (SSSR count). The zero-order valence-corrected chi connectivity index (χ0v) is 21.3. The van der Waals surface area contributed by atoms with Crippen LogP contribution < -0.4 is 10.1 Å². The Labute approximate surface area is 212 Å². The van der Waals surface area contributed by atoms with E-state index in [2.05, 4.69) is 15.5 Å². The summed E-state index contributed by atoms with van der Waals surface area (Å²) in [5, 5.41) is 19.3. The molecule has 1 heterocycles. The maximum atomic E-state index is 13.8. The van der Waals surface area contributed by atoms with Crippen LogP contribution in [0.15, 0.2) is 60.9 Å². The molecular formula is C27H35N5O4. The number of aromatic amines is 1. The fourth-order valence-electron chi connectivity index (χ4n) is 3.77. The predicted octanol–water partition coefficient (Wildman–Crippen LogP) is 2.08. The highest BCUT2D eigenvalue weighted by atomic mass is 16.5. The van der Waals surface area contributed by atoms with Gasteiger partial charge in [0.05, 0.1) is 13.3 Å². The van der Waals surface area contributed by atoms with E-state index < -0.39 is 18.1 Å². The number of amides is 2. The van der Waals surface area contributed by atoms with E-state index >= 15 is 0 Å². The highest BCUT2D eigenvalue weighted by molar-refractivity contribution is 5.89. The minimum absolute atomic E-state index is 0.215. The van der Waals surface area contributed by atoms with Crippen molar-refractivity contribution in [3.8, 4) is 16.9 Å². The molecule has 0 aliphatic heterocycles. The zero-order valence-electron chi connectivity index (χ0n) is 21.3. The smallest absolute Gasteiger partial charge is 0.249 e. The summed E-state index contributed by atoms with van der Waals surface area (Å²) in [5.41, 5.74) is 3.77. The van der Waals surface area contributed by atoms with Crippen LogP contribution in [0.5, 0.6) is 5.75 Å².